The number of carbonyl (C=O) groups excluding carboxylic acids is 1. The van der Waals surface area contributed by atoms with E-state index in [1.165, 1.54) is 6.08 Å². The molecule has 0 amide bonds. The van der Waals surface area contributed by atoms with E-state index in [9.17, 15) is 25.2 Å². The third-order valence-electron chi connectivity index (χ3n) is 5.76. The maximum Gasteiger partial charge on any atom is 0.229 e. The van der Waals surface area contributed by atoms with Gasteiger partial charge in [0.2, 0.25) is 12.1 Å². The average molecular weight is 470 g/mol. The topological polar surface area (TPSA) is 129 Å². The maximum absolute atomic E-state index is 12.3. The molecule has 8 nitrogen and oxygen atoms in total. The van der Waals surface area contributed by atoms with Crippen LogP contribution in [-0.2, 0) is 14.9 Å². The Morgan fingerprint density at radius 2 is 1.87 bits per heavy atom. The van der Waals surface area contributed by atoms with Crippen LogP contribution in [-0.4, -0.2) is 69.2 Å². The minimum atomic E-state index is -1.55. The number of halogens is 2. The molecule has 1 aromatic carbocycles. The highest BCUT2D eigenvalue weighted by molar-refractivity contribution is 6.58. The standard InChI is InChI=1S/C21H21Cl2NO7/c1-21(2)9-5-8(30-20-19(29)18(28)17(27)13(7-25)31-20)3-4-11(9)24-12-6-10(22)16(26)15(23)14(12)21/h3-6,13,17-20,25,27-29H,7H2,1-2H3/t13?,17-,18+,19?,20+/m0/s1. The van der Waals surface area contributed by atoms with Gasteiger partial charge in [-0.2, -0.15) is 0 Å². The number of aliphatic hydroxyl groups excluding tert-OH is 4. The number of aliphatic imine (C=N–C) groups is 1. The van der Waals surface area contributed by atoms with Crippen LogP contribution >= 0.6 is 23.2 Å². The lowest BCUT2D eigenvalue weighted by molar-refractivity contribution is -0.277. The van der Waals surface area contributed by atoms with Gasteiger partial charge in [0.15, 0.2) is 0 Å². The largest absolute Gasteiger partial charge is 0.462 e. The van der Waals surface area contributed by atoms with Crippen molar-refractivity contribution in [1.82, 2.24) is 0 Å². The van der Waals surface area contributed by atoms with E-state index in [0.29, 0.717) is 28.3 Å². The second kappa shape index (κ2) is 7.97. The molecule has 31 heavy (non-hydrogen) atoms. The lowest BCUT2D eigenvalue weighted by atomic mass is 9.71. The first-order valence-corrected chi connectivity index (χ1v) is 10.3. The molecule has 2 aliphatic heterocycles. The summed E-state index contributed by atoms with van der Waals surface area (Å²) in [5, 5.41) is 39.4. The summed E-state index contributed by atoms with van der Waals surface area (Å²) in [6, 6.07) is 4.99. The third-order valence-corrected chi connectivity index (χ3v) is 6.40. The Morgan fingerprint density at radius 3 is 2.55 bits per heavy atom. The van der Waals surface area contributed by atoms with Crippen molar-refractivity contribution in [2.24, 2.45) is 4.99 Å². The molecule has 2 unspecified atom stereocenters. The Bertz CT molecular complexity index is 1030. The first-order valence-electron chi connectivity index (χ1n) is 9.59. The number of carbonyl (C=O) groups is 1. The van der Waals surface area contributed by atoms with Crippen molar-refractivity contribution in [3.05, 3.63) is 45.5 Å². The summed E-state index contributed by atoms with van der Waals surface area (Å²) in [4.78, 5) is 16.9. The molecule has 166 valence electrons. The van der Waals surface area contributed by atoms with E-state index in [4.69, 9.17) is 32.7 Å². The second-order valence-electron chi connectivity index (χ2n) is 8.13. The summed E-state index contributed by atoms with van der Waals surface area (Å²) < 4.78 is 11.1. The van der Waals surface area contributed by atoms with Crippen LogP contribution < -0.4 is 4.74 Å². The predicted molar refractivity (Wildman–Crippen MR) is 113 cm³/mol. The molecule has 3 aliphatic rings. The molecule has 1 aromatic rings. The Kier molecular flexibility index (Phi) is 5.76. The number of aliphatic hydroxyl groups is 4. The molecule has 5 atom stereocenters. The molecule has 1 fully saturated rings. The minimum Gasteiger partial charge on any atom is -0.462 e. The lowest BCUT2D eigenvalue weighted by Gasteiger charge is -2.40. The van der Waals surface area contributed by atoms with E-state index in [1.54, 1.807) is 18.2 Å². The fourth-order valence-electron chi connectivity index (χ4n) is 4.02. The van der Waals surface area contributed by atoms with Gasteiger partial charge in [0, 0.05) is 11.0 Å². The fraction of sp³-hybridized carbons (Fsp3) is 0.429. The van der Waals surface area contributed by atoms with Gasteiger partial charge in [-0.3, -0.25) is 4.79 Å². The van der Waals surface area contributed by atoms with Crippen LogP contribution in [0.2, 0.25) is 0 Å². The zero-order chi connectivity index (χ0) is 22.7. The highest BCUT2D eigenvalue weighted by Gasteiger charge is 2.45. The Balaban J connectivity index is 1.70. The number of Topliss-reactive ketones (excluding diaryl/α,β-unsaturated/α-hetero) is 1. The molecule has 0 spiro atoms. The SMILES string of the molecule is CC1(C)C2=C(Cl)C(=O)C(Cl)=CC2=Nc2ccc(O[C@@H]3OC(CO)[C@H](O)[C@@H](O)C3O)cc21. The van der Waals surface area contributed by atoms with E-state index in [1.807, 2.05) is 13.8 Å². The number of hydrogen-bond acceptors (Lipinski definition) is 8. The molecule has 1 aliphatic carbocycles. The second-order valence-corrected chi connectivity index (χ2v) is 8.91. The molecule has 0 aromatic heterocycles. The lowest BCUT2D eigenvalue weighted by Crippen LogP contribution is -2.60. The summed E-state index contributed by atoms with van der Waals surface area (Å²) in [5.41, 5.74) is 1.67. The first-order chi connectivity index (χ1) is 14.6. The summed E-state index contributed by atoms with van der Waals surface area (Å²) in [6.07, 6.45) is -5.47. The van der Waals surface area contributed by atoms with Crippen LogP contribution in [0.1, 0.15) is 19.4 Å². The monoisotopic (exact) mass is 469 g/mol. The van der Waals surface area contributed by atoms with E-state index >= 15 is 0 Å². The summed E-state index contributed by atoms with van der Waals surface area (Å²) >= 11 is 12.3. The van der Waals surface area contributed by atoms with E-state index in [2.05, 4.69) is 4.99 Å². The van der Waals surface area contributed by atoms with Crippen molar-refractivity contribution in [2.45, 2.75) is 50.0 Å². The molecule has 0 radical (unpaired) electrons. The molecule has 0 bridgehead atoms. The van der Waals surface area contributed by atoms with Crippen LogP contribution in [0.5, 0.6) is 5.75 Å². The van der Waals surface area contributed by atoms with E-state index in [0.717, 1.165) is 0 Å². The number of nitrogens with zero attached hydrogens (tertiary/aromatic N) is 1. The first kappa shape index (κ1) is 22.4. The van der Waals surface area contributed by atoms with Crippen LogP contribution in [0, 0.1) is 0 Å². The highest BCUT2D eigenvalue weighted by atomic mass is 35.5. The summed E-state index contributed by atoms with van der Waals surface area (Å²) in [6.45, 7) is 3.21. The Hall–Kier alpha value is -1.78. The summed E-state index contributed by atoms with van der Waals surface area (Å²) in [5.74, 6) is -0.176. The number of ether oxygens (including phenoxy) is 2. The van der Waals surface area contributed by atoms with Gasteiger partial charge >= 0.3 is 0 Å². The Morgan fingerprint density at radius 1 is 1.16 bits per heavy atom. The van der Waals surface area contributed by atoms with Crippen molar-refractivity contribution in [1.29, 1.82) is 0 Å². The highest BCUT2D eigenvalue weighted by Crippen LogP contribution is 2.47. The number of ketones is 1. The van der Waals surface area contributed by atoms with Crippen molar-refractivity contribution < 1.29 is 34.7 Å². The van der Waals surface area contributed by atoms with Gasteiger partial charge in [0.05, 0.1) is 28.1 Å². The number of hydrogen-bond donors (Lipinski definition) is 4. The van der Waals surface area contributed by atoms with Crippen LogP contribution in [0.15, 0.2) is 44.9 Å². The quantitative estimate of drug-likeness (QED) is 0.492. The number of benzene rings is 1. The van der Waals surface area contributed by atoms with Gasteiger partial charge in [-0.15, -0.1) is 0 Å². The van der Waals surface area contributed by atoms with E-state index < -0.39 is 48.5 Å². The van der Waals surface area contributed by atoms with Gasteiger partial charge in [-0.1, -0.05) is 37.0 Å². The van der Waals surface area contributed by atoms with Crippen LogP contribution in [0.25, 0.3) is 0 Å². The smallest absolute Gasteiger partial charge is 0.229 e. The molecule has 10 heteroatoms. The average Bonchev–Trinajstić information content (AvgIpc) is 2.72. The molecule has 4 rings (SSSR count). The Labute approximate surface area is 188 Å². The van der Waals surface area contributed by atoms with Crippen molar-refractivity contribution in [3.8, 4) is 5.75 Å². The van der Waals surface area contributed by atoms with Gasteiger partial charge in [-0.05, 0) is 29.8 Å². The molecular weight excluding hydrogens is 449 g/mol. The van der Waals surface area contributed by atoms with Gasteiger partial charge in [0.25, 0.3) is 0 Å². The van der Waals surface area contributed by atoms with Crippen LogP contribution in [0.4, 0.5) is 5.69 Å². The number of rotatable bonds is 3. The molecule has 1 saturated heterocycles. The predicted octanol–water partition coefficient (Wildman–Crippen LogP) is 1.43. The zero-order valence-corrected chi connectivity index (χ0v) is 18.1. The van der Waals surface area contributed by atoms with Gasteiger partial charge < -0.3 is 29.9 Å². The molecule has 4 N–H and O–H groups in total. The minimum absolute atomic E-state index is 0.00200. The van der Waals surface area contributed by atoms with Crippen molar-refractivity contribution in [3.63, 3.8) is 0 Å². The number of allylic oxidation sites excluding steroid dienone is 4. The molecular formula is C21H21Cl2NO7. The maximum atomic E-state index is 12.3. The summed E-state index contributed by atoms with van der Waals surface area (Å²) in [7, 11) is 0. The van der Waals surface area contributed by atoms with Gasteiger partial charge in [-0.25, -0.2) is 4.99 Å². The van der Waals surface area contributed by atoms with Crippen LogP contribution in [0.3, 0.4) is 0 Å². The molecule has 0 saturated carbocycles. The third kappa shape index (κ3) is 3.62. The van der Waals surface area contributed by atoms with E-state index in [-0.39, 0.29) is 10.1 Å². The fourth-order valence-corrected chi connectivity index (χ4v) is 4.70. The normalized spacial score (nSPS) is 32.1. The zero-order valence-electron chi connectivity index (χ0n) is 16.6. The van der Waals surface area contributed by atoms with Crippen molar-refractivity contribution >= 4 is 40.4 Å². The van der Waals surface area contributed by atoms with Gasteiger partial charge in [0.1, 0.15) is 30.2 Å². The van der Waals surface area contributed by atoms with Crippen molar-refractivity contribution in [2.75, 3.05) is 6.61 Å². The number of fused-ring (bicyclic) bond motifs is 2. The molecule has 2 heterocycles.